The molecule has 1 aliphatic heterocycles. The SMILES string of the molecule is COc1ccc(CC2CN(C)CCC(C)(O)C2)cc1. The van der Waals surface area contributed by atoms with E-state index in [0.717, 1.165) is 38.1 Å². The predicted molar refractivity (Wildman–Crippen MR) is 77.5 cm³/mol. The maximum Gasteiger partial charge on any atom is 0.118 e. The summed E-state index contributed by atoms with van der Waals surface area (Å²) in [6.07, 6.45) is 2.76. The molecule has 1 aliphatic rings. The molecule has 0 aromatic heterocycles. The van der Waals surface area contributed by atoms with Gasteiger partial charge in [-0.25, -0.2) is 0 Å². The Morgan fingerprint density at radius 2 is 2.05 bits per heavy atom. The summed E-state index contributed by atoms with van der Waals surface area (Å²) in [5, 5.41) is 10.4. The van der Waals surface area contributed by atoms with Gasteiger partial charge in [0.25, 0.3) is 0 Å². The highest BCUT2D eigenvalue weighted by Gasteiger charge is 2.29. The summed E-state index contributed by atoms with van der Waals surface area (Å²) in [5.41, 5.74) is 0.791. The van der Waals surface area contributed by atoms with Crippen LogP contribution in [0.2, 0.25) is 0 Å². The van der Waals surface area contributed by atoms with Crippen LogP contribution in [0.5, 0.6) is 5.75 Å². The second kappa shape index (κ2) is 5.93. The Hall–Kier alpha value is -1.06. The average molecular weight is 263 g/mol. The molecule has 1 fully saturated rings. The molecule has 19 heavy (non-hydrogen) atoms. The van der Waals surface area contributed by atoms with E-state index in [4.69, 9.17) is 4.74 Å². The quantitative estimate of drug-likeness (QED) is 0.908. The summed E-state index contributed by atoms with van der Waals surface area (Å²) in [7, 11) is 3.83. The lowest BCUT2D eigenvalue weighted by atomic mass is 9.87. The molecule has 2 atom stereocenters. The molecule has 0 radical (unpaired) electrons. The van der Waals surface area contributed by atoms with Crippen molar-refractivity contribution < 1.29 is 9.84 Å². The summed E-state index contributed by atoms with van der Waals surface area (Å²) < 4.78 is 5.18. The second-order valence-electron chi connectivity index (χ2n) is 6.13. The fourth-order valence-corrected chi connectivity index (χ4v) is 2.98. The molecule has 0 bridgehead atoms. The minimum atomic E-state index is -0.526. The first kappa shape index (κ1) is 14.4. The van der Waals surface area contributed by atoms with Gasteiger partial charge in [-0.1, -0.05) is 12.1 Å². The summed E-state index contributed by atoms with van der Waals surface area (Å²) in [6.45, 7) is 4.00. The van der Waals surface area contributed by atoms with Crippen molar-refractivity contribution >= 4 is 0 Å². The minimum Gasteiger partial charge on any atom is -0.497 e. The van der Waals surface area contributed by atoms with E-state index in [9.17, 15) is 5.11 Å². The lowest BCUT2D eigenvalue weighted by Crippen LogP contribution is -2.27. The molecule has 1 aromatic rings. The molecule has 0 aliphatic carbocycles. The van der Waals surface area contributed by atoms with E-state index >= 15 is 0 Å². The van der Waals surface area contributed by atoms with Gasteiger partial charge in [-0.2, -0.15) is 0 Å². The average Bonchev–Trinajstić information content (AvgIpc) is 2.49. The molecule has 3 nitrogen and oxygen atoms in total. The van der Waals surface area contributed by atoms with Gasteiger partial charge in [0.15, 0.2) is 0 Å². The van der Waals surface area contributed by atoms with Crippen molar-refractivity contribution in [3.63, 3.8) is 0 Å². The van der Waals surface area contributed by atoms with Gasteiger partial charge in [0.2, 0.25) is 0 Å². The van der Waals surface area contributed by atoms with Crippen molar-refractivity contribution in [1.82, 2.24) is 4.90 Å². The van der Waals surface area contributed by atoms with Crippen molar-refractivity contribution in [1.29, 1.82) is 0 Å². The molecule has 0 spiro atoms. The minimum absolute atomic E-state index is 0.510. The molecule has 2 rings (SSSR count). The Kier molecular flexibility index (Phi) is 4.48. The monoisotopic (exact) mass is 263 g/mol. The van der Waals surface area contributed by atoms with Crippen molar-refractivity contribution in [3.8, 4) is 5.75 Å². The number of benzene rings is 1. The third-order valence-electron chi connectivity index (χ3n) is 4.01. The Morgan fingerprint density at radius 3 is 2.68 bits per heavy atom. The largest absolute Gasteiger partial charge is 0.497 e. The number of ether oxygens (including phenoxy) is 1. The van der Waals surface area contributed by atoms with Gasteiger partial charge in [0, 0.05) is 13.1 Å². The zero-order valence-electron chi connectivity index (χ0n) is 12.2. The number of methoxy groups -OCH3 is 1. The fraction of sp³-hybridized carbons (Fsp3) is 0.625. The van der Waals surface area contributed by atoms with E-state index in [1.54, 1.807) is 7.11 Å². The summed E-state index contributed by atoms with van der Waals surface area (Å²) in [4.78, 5) is 2.33. The van der Waals surface area contributed by atoms with E-state index in [2.05, 4.69) is 24.1 Å². The maximum absolute atomic E-state index is 10.4. The van der Waals surface area contributed by atoms with Crippen LogP contribution in [-0.4, -0.2) is 42.9 Å². The van der Waals surface area contributed by atoms with Gasteiger partial charge in [-0.3, -0.25) is 0 Å². The van der Waals surface area contributed by atoms with Crippen LogP contribution < -0.4 is 4.74 Å². The van der Waals surface area contributed by atoms with E-state index in [-0.39, 0.29) is 0 Å². The van der Waals surface area contributed by atoms with Gasteiger partial charge in [0.1, 0.15) is 5.75 Å². The molecule has 1 heterocycles. The van der Waals surface area contributed by atoms with Crippen LogP contribution in [0.15, 0.2) is 24.3 Å². The lowest BCUT2D eigenvalue weighted by Gasteiger charge is -2.25. The van der Waals surface area contributed by atoms with Crippen LogP contribution >= 0.6 is 0 Å². The zero-order chi connectivity index (χ0) is 13.9. The molecule has 106 valence electrons. The van der Waals surface area contributed by atoms with Crippen LogP contribution in [0.3, 0.4) is 0 Å². The second-order valence-corrected chi connectivity index (χ2v) is 6.13. The maximum atomic E-state index is 10.4. The van der Waals surface area contributed by atoms with Crippen molar-refractivity contribution in [2.45, 2.75) is 31.8 Å². The van der Waals surface area contributed by atoms with E-state index in [1.807, 2.05) is 19.1 Å². The molecular weight excluding hydrogens is 238 g/mol. The lowest BCUT2D eigenvalue weighted by molar-refractivity contribution is 0.0350. The predicted octanol–water partition coefficient (Wildman–Crippen LogP) is 2.33. The molecule has 3 heteroatoms. The first-order valence-electron chi connectivity index (χ1n) is 7.02. The molecule has 1 saturated heterocycles. The Morgan fingerprint density at radius 1 is 1.37 bits per heavy atom. The molecular formula is C16H25NO2. The van der Waals surface area contributed by atoms with Gasteiger partial charge < -0.3 is 14.7 Å². The van der Waals surface area contributed by atoms with Crippen LogP contribution in [0.4, 0.5) is 0 Å². The topological polar surface area (TPSA) is 32.7 Å². The normalized spacial score (nSPS) is 28.9. The van der Waals surface area contributed by atoms with Crippen molar-refractivity contribution in [2.24, 2.45) is 5.92 Å². The number of hydrogen-bond acceptors (Lipinski definition) is 3. The van der Waals surface area contributed by atoms with E-state index in [1.165, 1.54) is 5.56 Å². The first-order chi connectivity index (χ1) is 8.98. The molecule has 1 N–H and O–H groups in total. The van der Waals surface area contributed by atoms with Crippen LogP contribution in [0.1, 0.15) is 25.3 Å². The molecule has 1 aromatic carbocycles. The molecule has 0 saturated carbocycles. The highest BCUT2D eigenvalue weighted by atomic mass is 16.5. The van der Waals surface area contributed by atoms with Gasteiger partial charge in [0.05, 0.1) is 12.7 Å². The number of aliphatic hydroxyl groups is 1. The van der Waals surface area contributed by atoms with Crippen LogP contribution in [-0.2, 0) is 6.42 Å². The first-order valence-corrected chi connectivity index (χ1v) is 7.02. The van der Waals surface area contributed by atoms with Crippen LogP contribution in [0, 0.1) is 5.92 Å². The van der Waals surface area contributed by atoms with Crippen LogP contribution in [0.25, 0.3) is 0 Å². The summed E-state index contributed by atoms with van der Waals surface area (Å²) >= 11 is 0. The third kappa shape index (κ3) is 4.22. The Balaban J connectivity index is 2.03. The van der Waals surface area contributed by atoms with Gasteiger partial charge in [-0.05, 0) is 56.8 Å². The molecule has 0 amide bonds. The smallest absolute Gasteiger partial charge is 0.118 e. The number of nitrogens with zero attached hydrogens (tertiary/aromatic N) is 1. The Labute approximate surface area is 116 Å². The molecule has 2 unspecified atom stereocenters. The standard InChI is InChI=1S/C16H25NO2/c1-16(18)8-9-17(2)12-14(11-16)10-13-4-6-15(19-3)7-5-13/h4-7,14,18H,8-12H2,1-3H3. The number of rotatable bonds is 3. The van der Waals surface area contributed by atoms with Gasteiger partial charge >= 0.3 is 0 Å². The number of likely N-dealkylation sites (tertiary alicyclic amines) is 1. The van der Waals surface area contributed by atoms with Crippen molar-refractivity contribution in [2.75, 3.05) is 27.2 Å². The van der Waals surface area contributed by atoms with Crippen molar-refractivity contribution in [3.05, 3.63) is 29.8 Å². The van der Waals surface area contributed by atoms with E-state index in [0.29, 0.717) is 5.92 Å². The third-order valence-corrected chi connectivity index (χ3v) is 4.01. The van der Waals surface area contributed by atoms with E-state index < -0.39 is 5.60 Å². The summed E-state index contributed by atoms with van der Waals surface area (Å²) in [5.74, 6) is 1.41. The fourth-order valence-electron chi connectivity index (χ4n) is 2.98. The summed E-state index contributed by atoms with van der Waals surface area (Å²) in [6, 6.07) is 8.26. The highest BCUT2D eigenvalue weighted by Crippen LogP contribution is 2.27. The number of hydrogen-bond donors (Lipinski definition) is 1. The Bertz CT molecular complexity index is 400. The highest BCUT2D eigenvalue weighted by molar-refractivity contribution is 5.27. The zero-order valence-corrected chi connectivity index (χ0v) is 12.2. The van der Waals surface area contributed by atoms with Gasteiger partial charge in [-0.15, -0.1) is 0 Å².